The molecule has 0 saturated carbocycles. The molecule has 0 aromatic carbocycles. The van der Waals surface area contributed by atoms with Gasteiger partial charge in [-0.25, -0.2) is 4.39 Å². The van der Waals surface area contributed by atoms with Crippen LogP contribution < -0.4 is 4.72 Å². The van der Waals surface area contributed by atoms with E-state index in [1.807, 2.05) is 0 Å². The lowest BCUT2D eigenvalue weighted by Gasteiger charge is -2.04. The predicted octanol–water partition coefficient (Wildman–Crippen LogP) is 0.474. The van der Waals surface area contributed by atoms with Crippen molar-refractivity contribution in [2.45, 2.75) is 26.1 Å². The van der Waals surface area contributed by atoms with E-state index in [4.69, 9.17) is 4.55 Å². The van der Waals surface area contributed by atoms with Gasteiger partial charge in [0.15, 0.2) is 6.30 Å². The first kappa shape index (κ1) is 9.80. The van der Waals surface area contributed by atoms with Crippen molar-refractivity contribution in [3.63, 3.8) is 0 Å². The van der Waals surface area contributed by atoms with Crippen LogP contribution in [0.3, 0.4) is 0 Å². The molecular formula is C4H10FNO3S. The third-order valence-corrected chi connectivity index (χ3v) is 1.37. The zero-order valence-electron chi connectivity index (χ0n) is 5.54. The van der Waals surface area contributed by atoms with Crippen LogP contribution in [0.1, 0.15) is 19.8 Å². The highest BCUT2D eigenvalue weighted by Gasteiger charge is 2.11. The largest absolute Gasteiger partial charge is 0.335 e. The second-order valence-corrected chi connectivity index (χ2v) is 3.03. The highest BCUT2D eigenvalue weighted by molar-refractivity contribution is 7.83. The molecule has 0 fully saturated rings. The molecule has 1 unspecified atom stereocenters. The Kier molecular flexibility index (Phi) is 3.77. The highest BCUT2D eigenvalue weighted by Crippen LogP contribution is 1.97. The number of alkyl halides is 1. The molecule has 0 bridgehead atoms. The zero-order valence-corrected chi connectivity index (χ0v) is 6.36. The maximum atomic E-state index is 12.2. The molecule has 0 aliphatic rings. The van der Waals surface area contributed by atoms with Crippen molar-refractivity contribution in [3.05, 3.63) is 0 Å². The Hall–Kier alpha value is -0.200. The van der Waals surface area contributed by atoms with E-state index in [2.05, 4.69) is 0 Å². The van der Waals surface area contributed by atoms with Gasteiger partial charge in [-0.15, -0.1) is 0 Å². The van der Waals surface area contributed by atoms with Gasteiger partial charge in [0, 0.05) is 0 Å². The van der Waals surface area contributed by atoms with E-state index in [9.17, 15) is 12.8 Å². The Morgan fingerprint density at radius 1 is 1.70 bits per heavy atom. The molecule has 0 heterocycles. The van der Waals surface area contributed by atoms with Crippen molar-refractivity contribution >= 4 is 10.3 Å². The van der Waals surface area contributed by atoms with Gasteiger partial charge >= 0.3 is 10.3 Å². The van der Waals surface area contributed by atoms with Crippen LogP contribution >= 0.6 is 0 Å². The fourth-order valence-electron chi connectivity index (χ4n) is 0.474. The third-order valence-electron chi connectivity index (χ3n) is 0.819. The summed E-state index contributed by atoms with van der Waals surface area (Å²) in [7, 11) is -4.37. The first-order valence-corrected chi connectivity index (χ1v) is 4.28. The van der Waals surface area contributed by atoms with Gasteiger partial charge in [-0.2, -0.15) is 13.1 Å². The third kappa shape index (κ3) is 5.93. The van der Waals surface area contributed by atoms with Gasteiger partial charge in [0.05, 0.1) is 0 Å². The number of rotatable bonds is 4. The van der Waals surface area contributed by atoms with Crippen molar-refractivity contribution < 1.29 is 17.4 Å². The molecule has 0 aliphatic carbocycles. The van der Waals surface area contributed by atoms with Gasteiger partial charge in [-0.3, -0.25) is 4.55 Å². The molecule has 0 aromatic heterocycles. The molecule has 0 amide bonds. The molecule has 62 valence electrons. The molecule has 0 saturated heterocycles. The van der Waals surface area contributed by atoms with Crippen LogP contribution in [-0.2, 0) is 10.3 Å². The molecule has 0 spiro atoms. The summed E-state index contributed by atoms with van der Waals surface area (Å²) in [5.74, 6) is 0. The summed E-state index contributed by atoms with van der Waals surface area (Å²) in [6.45, 7) is 1.71. The lowest BCUT2D eigenvalue weighted by molar-refractivity contribution is 0.284. The van der Waals surface area contributed by atoms with E-state index in [-0.39, 0.29) is 6.42 Å². The molecule has 10 heavy (non-hydrogen) atoms. The fourth-order valence-corrected chi connectivity index (χ4v) is 0.915. The smallest absolute Gasteiger partial charge is 0.273 e. The zero-order chi connectivity index (χ0) is 8.20. The van der Waals surface area contributed by atoms with Gasteiger partial charge < -0.3 is 0 Å². The van der Waals surface area contributed by atoms with E-state index in [1.54, 1.807) is 6.92 Å². The Labute approximate surface area is 59.3 Å². The van der Waals surface area contributed by atoms with Gasteiger partial charge in [0.1, 0.15) is 0 Å². The monoisotopic (exact) mass is 171 g/mol. The molecule has 6 heteroatoms. The molecule has 4 nitrogen and oxygen atoms in total. The first-order chi connectivity index (χ1) is 4.45. The molecule has 0 aromatic rings. The average Bonchev–Trinajstić information content (AvgIpc) is 1.59. The van der Waals surface area contributed by atoms with Crippen molar-refractivity contribution in [1.82, 2.24) is 4.72 Å². The standard InChI is InChI=1S/C4H10FNO3S/c1-2-3-4(5)6-10(7,8)9/h4,6H,2-3H2,1H3,(H,7,8,9). The fraction of sp³-hybridized carbons (Fsp3) is 1.00. The van der Waals surface area contributed by atoms with Crippen LogP contribution in [0.4, 0.5) is 4.39 Å². The van der Waals surface area contributed by atoms with Crippen LogP contribution in [-0.4, -0.2) is 19.3 Å². The summed E-state index contributed by atoms with van der Waals surface area (Å²) in [5, 5.41) is 0. The van der Waals surface area contributed by atoms with Crippen molar-refractivity contribution in [2.24, 2.45) is 0 Å². The summed E-state index contributed by atoms with van der Waals surface area (Å²) in [6, 6.07) is 0. The van der Waals surface area contributed by atoms with Gasteiger partial charge in [0.2, 0.25) is 0 Å². The molecule has 0 radical (unpaired) electrons. The van der Waals surface area contributed by atoms with Crippen LogP contribution in [0.25, 0.3) is 0 Å². The van der Waals surface area contributed by atoms with Crippen LogP contribution in [0, 0.1) is 0 Å². The van der Waals surface area contributed by atoms with E-state index < -0.39 is 16.6 Å². The van der Waals surface area contributed by atoms with E-state index in [0.717, 1.165) is 0 Å². The first-order valence-electron chi connectivity index (χ1n) is 2.84. The van der Waals surface area contributed by atoms with Gasteiger partial charge in [-0.05, 0) is 6.42 Å². The Morgan fingerprint density at radius 3 is 2.50 bits per heavy atom. The summed E-state index contributed by atoms with van der Waals surface area (Å²) in [6.07, 6.45) is -1.09. The van der Waals surface area contributed by atoms with E-state index in [1.165, 1.54) is 4.72 Å². The SMILES string of the molecule is CCCC(F)NS(=O)(=O)O. The average molecular weight is 171 g/mol. The van der Waals surface area contributed by atoms with Crippen molar-refractivity contribution in [1.29, 1.82) is 0 Å². The molecular weight excluding hydrogens is 161 g/mol. The number of hydrogen-bond donors (Lipinski definition) is 2. The molecule has 0 aliphatic heterocycles. The minimum atomic E-state index is -4.37. The van der Waals surface area contributed by atoms with Crippen LogP contribution in [0.15, 0.2) is 0 Å². The van der Waals surface area contributed by atoms with Crippen LogP contribution in [0.5, 0.6) is 0 Å². The quantitative estimate of drug-likeness (QED) is 0.477. The second-order valence-electron chi connectivity index (χ2n) is 1.85. The minimum Gasteiger partial charge on any atom is -0.273 e. The summed E-state index contributed by atoms with van der Waals surface area (Å²) >= 11 is 0. The maximum absolute atomic E-state index is 12.2. The number of hydrogen-bond acceptors (Lipinski definition) is 2. The minimum absolute atomic E-state index is 0.0692. The van der Waals surface area contributed by atoms with Gasteiger partial charge in [0.25, 0.3) is 0 Å². The lowest BCUT2D eigenvalue weighted by Crippen LogP contribution is -2.30. The molecule has 0 rings (SSSR count). The van der Waals surface area contributed by atoms with Gasteiger partial charge in [-0.1, -0.05) is 13.3 Å². The predicted molar refractivity (Wildman–Crippen MR) is 34.5 cm³/mol. The number of halogens is 1. The second kappa shape index (κ2) is 3.85. The molecule has 1 atom stereocenters. The Morgan fingerprint density at radius 2 is 2.20 bits per heavy atom. The Balaban J connectivity index is 3.69. The van der Waals surface area contributed by atoms with Crippen molar-refractivity contribution in [3.8, 4) is 0 Å². The number of nitrogens with one attached hydrogen (secondary N) is 1. The van der Waals surface area contributed by atoms with Crippen LogP contribution in [0.2, 0.25) is 0 Å². The summed E-state index contributed by atoms with van der Waals surface area (Å²) < 4.78 is 41.5. The van der Waals surface area contributed by atoms with E-state index in [0.29, 0.717) is 6.42 Å². The Bertz CT molecular complexity index is 179. The lowest BCUT2D eigenvalue weighted by atomic mass is 10.3. The van der Waals surface area contributed by atoms with Crippen molar-refractivity contribution in [2.75, 3.05) is 0 Å². The normalized spacial score (nSPS) is 15.1. The maximum Gasteiger partial charge on any atom is 0.335 e. The topological polar surface area (TPSA) is 66.4 Å². The molecule has 2 N–H and O–H groups in total. The van der Waals surface area contributed by atoms with E-state index >= 15 is 0 Å². The summed E-state index contributed by atoms with van der Waals surface area (Å²) in [5.41, 5.74) is 0. The summed E-state index contributed by atoms with van der Waals surface area (Å²) in [4.78, 5) is 0. The highest BCUT2D eigenvalue weighted by atomic mass is 32.2.